The van der Waals surface area contributed by atoms with E-state index in [0.29, 0.717) is 36.8 Å². The van der Waals surface area contributed by atoms with Crippen LogP contribution in [0, 0.1) is 12.8 Å². The van der Waals surface area contributed by atoms with Crippen molar-refractivity contribution < 1.29 is 17.9 Å². The van der Waals surface area contributed by atoms with E-state index in [1.54, 1.807) is 13.0 Å². The Morgan fingerprint density at radius 2 is 2.05 bits per heavy atom. The highest BCUT2D eigenvalue weighted by atomic mass is 32.2. The van der Waals surface area contributed by atoms with Crippen LogP contribution >= 0.6 is 0 Å². The average Bonchev–Trinajstić information content (AvgIpc) is 2.36. The Kier molecular flexibility index (Phi) is 6.32. The Balaban J connectivity index is 2.66. The summed E-state index contributed by atoms with van der Waals surface area (Å²) >= 11 is 0. The Labute approximate surface area is 125 Å². The summed E-state index contributed by atoms with van der Waals surface area (Å²) in [5, 5.41) is 7.76. The minimum atomic E-state index is -3.82. The lowest BCUT2D eigenvalue weighted by molar-refractivity contribution is 0.0885. The number of sulfonamides is 1. The molecular weight excluding hydrogens is 292 g/mol. The summed E-state index contributed by atoms with van der Waals surface area (Å²) in [5.74, 6) is 0.0977. The minimum Gasteiger partial charge on any atom is -0.379 e. The molecule has 0 saturated carbocycles. The predicted octanol–water partition coefficient (Wildman–Crippen LogP) is 1.04. The molecule has 0 fully saturated rings. The maximum Gasteiger partial charge on any atom is 0.251 e. The topological polar surface area (TPSA) is 98.5 Å². The first-order valence-electron chi connectivity index (χ1n) is 6.71. The molecule has 1 aromatic carbocycles. The second-order valence-electron chi connectivity index (χ2n) is 5.25. The highest BCUT2D eigenvalue weighted by Gasteiger charge is 2.14. The Bertz CT molecular complexity index is 597. The van der Waals surface area contributed by atoms with E-state index in [4.69, 9.17) is 9.88 Å². The molecule has 0 atom stereocenters. The van der Waals surface area contributed by atoms with E-state index in [2.05, 4.69) is 5.32 Å². The van der Waals surface area contributed by atoms with Gasteiger partial charge in [0.05, 0.1) is 11.5 Å². The lowest BCUT2D eigenvalue weighted by Gasteiger charge is -2.10. The number of carbonyl (C=O) groups excluding carboxylic acids is 1. The van der Waals surface area contributed by atoms with Gasteiger partial charge in [0.1, 0.15) is 0 Å². The van der Waals surface area contributed by atoms with Gasteiger partial charge in [-0.2, -0.15) is 0 Å². The summed E-state index contributed by atoms with van der Waals surface area (Å²) in [4.78, 5) is 12.0. The lowest BCUT2D eigenvalue weighted by Crippen LogP contribution is -2.28. The first-order chi connectivity index (χ1) is 9.71. The molecular formula is C14H22N2O4S. The standard InChI is InChI=1S/C14H22N2O4S/c1-10(2)9-20-7-6-16-14(17)13-8-12(21(15,18)19)5-4-11(13)3/h4-5,8,10H,6-7,9H2,1-3H3,(H,16,17)(H2,15,18,19). The van der Waals surface area contributed by atoms with Crippen LogP contribution in [0.3, 0.4) is 0 Å². The summed E-state index contributed by atoms with van der Waals surface area (Å²) in [6.07, 6.45) is 0. The molecule has 0 aliphatic heterocycles. The number of aryl methyl sites for hydroxylation is 1. The maximum absolute atomic E-state index is 12.0. The van der Waals surface area contributed by atoms with E-state index in [-0.39, 0.29) is 10.8 Å². The molecule has 6 nitrogen and oxygen atoms in total. The van der Waals surface area contributed by atoms with Crippen LogP contribution in [0.5, 0.6) is 0 Å². The zero-order chi connectivity index (χ0) is 16.0. The van der Waals surface area contributed by atoms with Crippen LogP contribution in [0.4, 0.5) is 0 Å². The molecule has 1 aromatic rings. The number of nitrogens with two attached hydrogens (primary N) is 1. The molecule has 7 heteroatoms. The molecule has 0 aromatic heterocycles. The second kappa shape index (κ2) is 7.53. The van der Waals surface area contributed by atoms with Crippen molar-refractivity contribution >= 4 is 15.9 Å². The van der Waals surface area contributed by atoms with Gasteiger partial charge in [-0.3, -0.25) is 4.79 Å². The van der Waals surface area contributed by atoms with Crippen molar-refractivity contribution in [3.8, 4) is 0 Å². The zero-order valence-corrected chi connectivity index (χ0v) is 13.4. The number of carbonyl (C=O) groups is 1. The van der Waals surface area contributed by atoms with Crippen LogP contribution in [0.25, 0.3) is 0 Å². The number of benzene rings is 1. The van der Waals surface area contributed by atoms with E-state index in [9.17, 15) is 13.2 Å². The van der Waals surface area contributed by atoms with Crippen LogP contribution < -0.4 is 10.5 Å². The van der Waals surface area contributed by atoms with Gasteiger partial charge in [0.15, 0.2) is 0 Å². The SMILES string of the molecule is Cc1ccc(S(N)(=O)=O)cc1C(=O)NCCOCC(C)C. The van der Waals surface area contributed by atoms with E-state index < -0.39 is 10.0 Å². The Morgan fingerprint density at radius 1 is 1.38 bits per heavy atom. The number of amides is 1. The maximum atomic E-state index is 12.0. The van der Waals surface area contributed by atoms with Crippen molar-refractivity contribution in [2.24, 2.45) is 11.1 Å². The van der Waals surface area contributed by atoms with Crippen LogP contribution in [0.2, 0.25) is 0 Å². The minimum absolute atomic E-state index is 0.0747. The van der Waals surface area contributed by atoms with Gasteiger partial charge in [0.25, 0.3) is 5.91 Å². The van der Waals surface area contributed by atoms with Crippen molar-refractivity contribution in [1.82, 2.24) is 5.32 Å². The molecule has 118 valence electrons. The molecule has 1 rings (SSSR count). The number of hydrogen-bond acceptors (Lipinski definition) is 4. The lowest BCUT2D eigenvalue weighted by atomic mass is 10.1. The van der Waals surface area contributed by atoms with Gasteiger partial charge in [-0.25, -0.2) is 13.6 Å². The van der Waals surface area contributed by atoms with Gasteiger partial charge in [-0.1, -0.05) is 19.9 Å². The molecule has 0 heterocycles. The molecule has 0 unspecified atom stereocenters. The van der Waals surface area contributed by atoms with Gasteiger partial charge in [0, 0.05) is 18.7 Å². The fourth-order valence-electron chi connectivity index (χ4n) is 1.67. The van der Waals surface area contributed by atoms with Crippen molar-refractivity contribution in [3.63, 3.8) is 0 Å². The van der Waals surface area contributed by atoms with Gasteiger partial charge >= 0.3 is 0 Å². The van der Waals surface area contributed by atoms with E-state index in [1.807, 2.05) is 13.8 Å². The van der Waals surface area contributed by atoms with Crippen molar-refractivity contribution in [1.29, 1.82) is 0 Å². The monoisotopic (exact) mass is 314 g/mol. The van der Waals surface area contributed by atoms with Gasteiger partial charge in [0.2, 0.25) is 10.0 Å². The molecule has 0 aliphatic carbocycles. The summed E-state index contributed by atoms with van der Waals surface area (Å²) in [6.45, 7) is 7.23. The molecule has 0 bridgehead atoms. The Morgan fingerprint density at radius 3 is 2.62 bits per heavy atom. The molecule has 3 N–H and O–H groups in total. The van der Waals surface area contributed by atoms with Gasteiger partial charge in [-0.05, 0) is 30.5 Å². The van der Waals surface area contributed by atoms with Crippen molar-refractivity contribution in [3.05, 3.63) is 29.3 Å². The fourth-order valence-corrected chi connectivity index (χ4v) is 2.21. The molecule has 1 amide bonds. The normalized spacial score (nSPS) is 11.7. The molecule has 0 radical (unpaired) electrons. The molecule has 21 heavy (non-hydrogen) atoms. The van der Waals surface area contributed by atoms with Gasteiger partial charge in [-0.15, -0.1) is 0 Å². The zero-order valence-electron chi connectivity index (χ0n) is 12.5. The summed E-state index contributed by atoms with van der Waals surface area (Å²) < 4.78 is 28.0. The highest BCUT2D eigenvalue weighted by molar-refractivity contribution is 7.89. The largest absolute Gasteiger partial charge is 0.379 e. The number of primary sulfonamides is 1. The second-order valence-corrected chi connectivity index (χ2v) is 6.81. The molecule has 0 saturated heterocycles. The number of rotatable bonds is 7. The van der Waals surface area contributed by atoms with Crippen LogP contribution in [-0.4, -0.2) is 34.1 Å². The molecule has 0 spiro atoms. The number of nitrogens with one attached hydrogen (secondary N) is 1. The van der Waals surface area contributed by atoms with Gasteiger partial charge < -0.3 is 10.1 Å². The van der Waals surface area contributed by atoms with E-state index in [1.165, 1.54) is 12.1 Å². The highest BCUT2D eigenvalue weighted by Crippen LogP contribution is 2.14. The quantitative estimate of drug-likeness (QED) is 0.735. The van der Waals surface area contributed by atoms with Crippen molar-refractivity contribution in [2.75, 3.05) is 19.8 Å². The van der Waals surface area contributed by atoms with Crippen molar-refractivity contribution in [2.45, 2.75) is 25.7 Å². The predicted molar refractivity (Wildman–Crippen MR) is 80.5 cm³/mol. The first-order valence-corrected chi connectivity index (χ1v) is 8.26. The average molecular weight is 314 g/mol. The summed E-state index contributed by atoms with van der Waals surface area (Å²) in [7, 11) is -3.82. The first kappa shape index (κ1) is 17.6. The summed E-state index contributed by atoms with van der Waals surface area (Å²) in [5.41, 5.74) is 0.980. The third kappa shape index (κ3) is 5.82. The van der Waals surface area contributed by atoms with Crippen LogP contribution in [-0.2, 0) is 14.8 Å². The fraction of sp³-hybridized carbons (Fsp3) is 0.500. The van der Waals surface area contributed by atoms with E-state index in [0.717, 1.165) is 0 Å². The van der Waals surface area contributed by atoms with Crippen LogP contribution in [0.1, 0.15) is 29.8 Å². The third-order valence-electron chi connectivity index (χ3n) is 2.77. The summed E-state index contributed by atoms with van der Waals surface area (Å²) in [6, 6.07) is 4.23. The Hall–Kier alpha value is -1.44. The number of hydrogen-bond donors (Lipinski definition) is 2. The third-order valence-corrected chi connectivity index (χ3v) is 3.68. The van der Waals surface area contributed by atoms with Crippen LogP contribution in [0.15, 0.2) is 23.1 Å². The molecule has 0 aliphatic rings. The smallest absolute Gasteiger partial charge is 0.251 e. The number of ether oxygens (including phenoxy) is 1. The van der Waals surface area contributed by atoms with E-state index >= 15 is 0 Å².